The highest BCUT2D eigenvalue weighted by Gasteiger charge is 2.15. The molecule has 9 rings (SSSR count). The molecule has 0 amide bonds. The molecule has 5 aromatic carbocycles. The molecule has 0 saturated carbocycles. The number of terminal acetylenes is 2. The fraction of sp³-hybridized carbons (Fsp3) is 0.219. The molecule has 5 radical (unpaired) electrons. The molecule has 0 unspecified atom stereocenters. The summed E-state index contributed by atoms with van der Waals surface area (Å²) in [6, 6.07) is 52.6. The number of carbonyl (C=O) groups excluding carboxylic acids is 1. The monoisotopic (exact) mass is 996 g/mol. The Morgan fingerprint density at radius 3 is 1.28 bits per heavy atom. The number of pyridine rings is 2. The summed E-state index contributed by atoms with van der Waals surface area (Å²) >= 11 is 0. The van der Waals surface area contributed by atoms with Crippen LogP contribution in [0, 0.1) is 36.5 Å². The number of hydrogen-bond donors (Lipinski definition) is 1. The van der Waals surface area contributed by atoms with Gasteiger partial charge in [0.15, 0.2) is 6.29 Å². The highest BCUT2D eigenvalue weighted by atomic mass is 16.1. The predicted octanol–water partition coefficient (Wildman–Crippen LogP) is 13.1. The van der Waals surface area contributed by atoms with Crippen LogP contribution in [0.1, 0.15) is 129 Å². The number of aldehydes is 1. The number of aliphatic imine (C=N–C) groups is 1. The number of hydrogen-bond acceptors (Lipinski definition) is 7. The van der Waals surface area contributed by atoms with Crippen LogP contribution in [0.5, 0.6) is 0 Å². The normalized spacial score (nSPS) is 10.2. The maximum atomic E-state index is 11.0. The lowest BCUT2D eigenvalue weighted by molar-refractivity contribution is 0.111. The Bertz CT molecular complexity index is 3240. The van der Waals surface area contributed by atoms with Crippen LogP contribution in [0.2, 0.25) is 0 Å². The highest BCUT2D eigenvalue weighted by molar-refractivity contribution is 7.17. The first kappa shape index (κ1) is 59.9. The number of nitrogen functional groups attached to an aromatic ring is 1. The Labute approximate surface area is 454 Å². The Morgan fingerprint density at radius 2 is 0.908 bits per heavy atom. The summed E-state index contributed by atoms with van der Waals surface area (Å²) in [5, 5.41) is 11.2. The summed E-state index contributed by atoms with van der Waals surface area (Å²) in [7, 11) is 10.0. The Balaban J connectivity index is 0.000000230. The molecular weight excluding hydrogens is 929 g/mol. The van der Waals surface area contributed by atoms with Crippen molar-refractivity contribution in [2.75, 3.05) is 5.73 Å². The lowest BCUT2D eigenvalue weighted by atomic mass is 9.40. The van der Waals surface area contributed by atoms with Gasteiger partial charge in [-0.15, -0.1) is 12.8 Å². The lowest BCUT2D eigenvalue weighted by Gasteiger charge is -2.16. The molecule has 0 atom stereocenters. The topological polar surface area (TPSA) is 117 Å². The number of anilines is 1. The van der Waals surface area contributed by atoms with Crippen molar-refractivity contribution in [2.24, 2.45) is 4.99 Å². The van der Waals surface area contributed by atoms with Gasteiger partial charge in [-0.2, -0.15) is 10.2 Å². The molecule has 0 bridgehead atoms. The number of nitrogens with two attached hydrogens (primary N) is 1. The fourth-order valence-electron chi connectivity index (χ4n) is 7.87. The zero-order valence-corrected chi connectivity index (χ0v) is 45.0. The van der Waals surface area contributed by atoms with E-state index in [4.69, 9.17) is 28.7 Å². The molecule has 9 nitrogen and oxygen atoms in total. The van der Waals surface area contributed by atoms with E-state index in [0.29, 0.717) is 42.5 Å². The van der Waals surface area contributed by atoms with Crippen LogP contribution in [-0.2, 0) is 13.1 Å². The zero-order chi connectivity index (χ0) is 55.2. The van der Waals surface area contributed by atoms with Gasteiger partial charge in [0.2, 0.25) is 0 Å². The maximum Gasteiger partial charge on any atom is 0.170 e. The molecule has 0 fully saturated rings. The fourth-order valence-corrected chi connectivity index (χ4v) is 7.87. The minimum atomic E-state index is 0.411. The average Bonchev–Trinajstić information content (AvgIpc) is 3.98. The highest BCUT2D eigenvalue weighted by Crippen LogP contribution is 2.35. The van der Waals surface area contributed by atoms with Crippen LogP contribution in [0.4, 0.5) is 11.4 Å². The largest absolute Gasteiger partial charge is 0.398 e. The number of fused-ring (bicyclic) bond motifs is 2. The first-order chi connectivity index (χ1) is 36.8. The van der Waals surface area contributed by atoms with Gasteiger partial charge < -0.3 is 5.73 Å². The number of para-hydroxylation sites is 4. The minimum absolute atomic E-state index is 0.411. The number of carbonyl (C=O) groups is 1. The van der Waals surface area contributed by atoms with Crippen LogP contribution < -0.4 is 5.73 Å². The second kappa shape index (κ2) is 32.5. The Hall–Kier alpha value is -8.65. The van der Waals surface area contributed by atoms with Crippen LogP contribution in [-0.4, -0.2) is 64.6 Å². The van der Waals surface area contributed by atoms with Crippen molar-refractivity contribution in [3.63, 3.8) is 0 Å². The van der Waals surface area contributed by atoms with E-state index in [-0.39, 0.29) is 0 Å². The van der Waals surface area contributed by atoms with Crippen molar-refractivity contribution >= 4 is 68.2 Å². The average molecular weight is 996 g/mol. The predicted molar refractivity (Wildman–Crippen MR) is 322 cm³/mol. The van der Waals surface area contributed by atoms with E-state index in [1.807, 2.05) is 126 Å². The van der Waals surface area contributed by atoms with Crippen LogP contribution >= 0.6 is 0 Å². The molecule has 4 heterocycles. The molecule has 377 valence electrons. The van der Waals surface area contributed by atoms with Gasteiger partial charge >= 0.3 is 0 Å². The summed E-state index contributed by atoms with van der Waals surface area (Å²) in [5.41, 5.74) is 18.5. The van der Waals surface area contributed by atoms with Crippen LogP contribution in [0.25, 0.3) is 21.8 Å². The van der Waals surface area contributed by atoms with Crippen molar-refractivity contribution in [3.8, 4) is 36.5 Å². The van der Waals surface area contributed by atoms with Crippen molar-refractivity contribution < 1.29 is 4.79 Å². The van der Waals surface area contributed by atoms with Gasteiger partial charge in [0, 0.05) is 51.4 Å². The van der Waals surface area contributed by atoms with Crippen molar-refractivity contribution in [2.45, 2.75) is 92.2 Å². The quantitative estimate of drug-likeness (QED) is 0.0453. The summed E-state index contributed by atoms with van der Waals surface area (Å²) in [6.45, 7) is 18.8. The smallest absolute Gasteiger partial charge is 0.170 e. The lowest BCUT2D eigenvalue weighted by Crippen LogP contribution is -2.03. The third-order valence-corrected chi connectivity index (χ3v) is 11.5. The Kier molecular flexibility index (Phi) is 25.6. The summed E-state index contributed by atoms with van der Waals surface area (Å²) in [6.07, 6.45) is 15.7. The first-order valence-electron chi connectivity index (χ1n) is 25.2. The summed E-state index contributed by atoms with van der Waals surface area (Å²) in [5.74, 6) is 10.5. The maximum absolute atomic E-state index is 11.0. The van der Waals surface area contributed by atoms with E-state index in [9.17, 15) is 4.79 Å². The third kappa shape index (κ3) is 18.4. The molecule has 0 aliphatic heterocycles. The molecule has 0 saturated heterocycles. The molecule has 0 spiro atoms. The second-order valence-electron chi connectivity index (χ2n) is 18.3. The SMILES string of the molecule is C#CC#CC#C.CC(C)c1cccc(C(C)C)c1N.CC(C)c1cccc(C(C)C)c1N=Cc1nn(Cc2ccccn2)c2ccccc12.O=Cc1nn(Cc2ccccn2)c2ccccc12.[B][B][B].c1ccccc1. The van der Waals surface area contributed by atoms with Gasteiger partial charge in [-0.3, -0.25) is 29.1 Å². The third-order valence-electron chi connectivity index (χ3n) is 11.5. The molecule has 0 aliphatic carbocycles. The van der Waals surface area contributed by atoms with Crippen LogP contribution in [0.3, 0.4) is 0 Å². The van der Waals surface area contributed by atoms with E-state index in [2.05, 4.69) is 158 Å². The van der Waals surface area contributed by atoms with Gasteiger partial charge in [-0.1, -0.05) is 177 Å². The van der Waals surface area contributed by atoms with Crippen molar-refractivity contribution in [1.29, 1.82) is 0 Å². The minimum Gasteiger partial charge on any atom is -0.398 e. The molecule has 0 aliphatic rings. The van der Waals surface area contributed by atoms with E-state index < -0.39 is 0 Å². The van der Waals surface area contributed by atoms with Gasteiger partial charge in [0.1, 0.15) is 11.4 Å². The molecule has 12 heteroatoms. The van der Waals surface area contributed by atoms with E-state index in [1.54, 1.807) is 10.9 Å². The van der Waals surface area contributed by atoms with Crippen molar-refractivity contribution in [3.05, 3.63) is 215 Å². The zero-order valence-electron chi connectivity index (χ0n) is 45.0. The van der Waals surface area contributed by atoms with Gasteiger partial charge in [-0.05, 0) is 106 Å². The second-order valence-corrected chi connectivity index (χ2v) is 18.3. The molecular formula is C64H66B3N8O. The first-order valence-corrected chi connectivity index (χ1v) is 25.2. The summed E-state index contributed by atoms with van der Waals surface area (Å²) < 4.78 is 3.82. The number of aromatic nitrogens is 6. The molecule has 4 aromatic heterocycles. The number of nitrogens with zero attached hydrogens (tertiary/aromatic N) is 7. The molecule has 9 aromatic rings. The van der Waals surface area contributed by atoms with E-state index in [1.165, 1.54) is 22.3 Å². The molecule has 76 heavy (non-hydrogen) atoms. The van der Waals surface area contributed by atoms with E-state index >= 15 is 0 Å². The van der Waals surface area contributed by atoms with Gasteiger partial charge in [0.05, 0.1) is 47.4 Å². The van der Waals surface area contributed by atoms with Gasteiger partial charge in [-0.25, -0.2) is 0 Å². The number of rotatable bonds is 11. The van der Waals surface area contributed by atoms with E-state index in [0.717, 1.165) is 63.6 Å². The Morgan fingerprint density at radius 1 is 0.539 bits per heavy atom. The van der Waals surface area contributed by atoms with Gasteiger partial charge in [0.25, 0.3) is 0 Å². The number of benzene rings is 5. The standard InChI is InChI=1S/C26H28N4.C14H11N3O.C12H19N.C6H6.C6H2.B3/c1-18(2)21-12-9-13-22(19(3)4)26(21)28-16-24-23-11-5-6-14-25(23)30(29-24)17-20-10-7-8-15-27-20;18-10-13-12-6-1-2-7-14(12)17(16-13)9-11-5-3-4-8-15-11;1-8(2)10-6-5-7-11(9(3)4)12(10)13;1-2-4-6-5-3-1;1-3-5-6-4-2;1-3-2/h5-16,18-19H,17H2,1-4H3;1-8,10H,9H2;5-9H,13H2,1-4H3;1-6H;1-2H;. The van der Waals surface area contributed by atoms with Crippen LogP contribution in [0.15, 0.2) is 175 Å². The van der Waals surface area contributed by atoms with Crippen molar-refractivity contribution in [1.82, 2.24) is 29.5 Å². The molecule has 2 N–H and O–H groups in total. The summed E-state index contributed by atoms with van der Waals surface area (Å²) in [4.78, 5) is 24.7.